The van der Waals surface area contributed by atoms with Crippen molar-refractivity contribution in [2.45, 2.75) is 6.54 Å². The van der Waals surface area contributed by atoms with E-state index in [1.807, 2.05) is 12.1 Å². The van der Waals surface area contributed by atoms with Crippen LogP contribution in [0.1, 0.15) is 5.56 Å². The number of halogens is 1. The fraction of sp³-hybridized carbons (Fsp3) is 0.235. The number of carbonyl (C=O) groups excluding carboxylic acids is 1. The largest absolute Gasteiger partial charge is 0.493 e. The molecule has 2 N–H and O–H groups in total. The standard InChI is InChI=1S/C17H19FN2O3/c1-22-15-8-7-12(9-16(15)23-2)10-19-11-17(21)20-14-6-4-3-5-13(14)18/h3-9,19H,10-11H2,1-2H3,(H,20,21). The molecule has 0 aliphatic carbocycles. The van der Waals surface area contributed by atoms with Gasteiger partial charge in [-0.15, -0.1) is 0 Å². The monoisotopic (exact) mass is 318 g/mol. The van der Waals surface area contributed by atoms with Crippen LogP contribution in [0.15, 0.2) is 42.5 Å². The first-order valence-electron chi connectivity index (χ1n) is 7.10. The van der Waals surface area contributed by atoms with Crippen LogP contribution in [0.2, 0.25) is 0 Å². The Morgan fingerprint density at radius 2 is 1.83 bits per heavy atom. The van der Waals surface area contributed by atoms with E-state index in [1.165, 1.54) is 12.1 Å². The molecule has 0 spiro atoms. The highest BCUT2D eigenvalue weighted by Gasteiger charge is 2.07. The Bertz CT molecular complexity index is 677. The number of hydrogen-bond donors (Lipinski definition) is 2. The van der Waals surface area contributed by atoms with Crippen molar-refractivity contribution < 1.29 is 18.7 Å². The molecule has 0 aliphatic rings. The lowest BCUT2D eigenvalue weighted by Gasteiger charge is -2.10. The lowest BCUT2D eigenvalue weighted by molar-refractivity contribution is -0.115. The molecule has 0 aromatic heterocycles. The highest BCUT2D eigenvalue weighted by Crippen LogP contribution is 2.27. The number of para-hydroxylation sites is 1. The third-order valence-electron chi connectivity index (χ3n) is 3.21. The fourth-order valence-electron chi connectivity index (χ4n) is 2.07. The number of anilines is 1. The first-order valence-corrected chi connectivity index (χ1v) is 7.10. The second kappa shape index (κ2) is 8.14. The molecule has 0 saturated carbocycles. The van der Waals surface area contributed by atoms with Crippen LogP contribution in [0, 0.1) is 5.82 Å². The number of benzene rings is 2. The van der Waals surface area contributed by atoms with Crippen molar-refractivity contribution >= 4 is 11.6 Å². The Labute approximate surface area is 134 Å². The van der Waals surface area contributed by atoms with Gasteiger partial charge in [-0.25, -0.2) is 4.39 Å². The summed E-state index contributed by atoms with van der Waals surface area (Å²) in [4.78, 5) is 11.8. The molecule has 122 valence electrons. The maximum atomic E-state index is 13.4. The zero-order valence-electron chi connectivity index (χ0n) is 13.1. The van der Waals surface area contributed by atoms with Gasteiger partial charge in [-0.3, -0.25) is 4.79 Å². The zero-order valence-corrected chi connectivity index (χ0v) is 13.1. The van der Waals surface area contributed by atoms with E-state index in [9.17, 15) is 9.18 Å². The molecule has 2 rings (SSSR count). The summed E-state index contributed by atoms with van der Waals surface area (Å²) in [6, 6.07) is 11.6. The topological polar surface area (TPSA) is 59.6 Å². The summed E-state index contributed by atoms with van der Waals surface area (Å²) in [6.45, 7) is 0.549. The van der Waals surface area contributed by atoms with Crippen LogP contribution in [0.4, 0.5) is 10.1 Å². The van der Waals surface area contributed by atoms with Crippen molar-refractivity contribution in [1.29, 1.82) is 0 Å². The smallest absolute Gasteiger partial charge is 0.238 e. The van der Waals surface area contributed by atoms with Crippen molar-refractivity contribution in [3.63, 3.8) is 0 Å². The molecule has 5 nitrogen and oxygen atoms in total. The van der Waals surface area contributed by atoms with Gasteiger partial charge in [-0.05, 0) is 29.8 Å². The summed E-state index contributed by atoms with van der Waals surface area (Å²) in [6.07, 6.45) is 0. The Hall–Kier alpha value is -2.60. The van der Waals surface area contributed by atoms with E-state index in [1.54, 1.807) is 32.4 Å². The van der Waals surface area contributed by atoms with Crippen molar-refractivity contribution in [2.75, 3.05) is 26.1 Å². The first kappa shape index (κ1) is 16.8. The summed E-state index contributed by atoms with van der Waals surface area (Å²) < 4.78 is 23.8. The van der Waals surface area contributed by atoms with Crippen LogP contribution in [-0.2, 0) is 11.3 Å². The lowest BCUT2D eigenvalue weighted by atomic mass is 10.2. The Morgan fingerprint density at radius 1 is 1.09 bits per heavy atom. The summed E-state index contributed by atoms with van der Waals surface area (Å²) >= 11 is 0. The minimum atomic E-state index is -0.458. The van der Waals surface area contributed by atoms with E-state index in [0.717, 1.165) is 5.56 Å². The van der Waals surface area contributed by atoms with Gasteiger partial charge in [0, 0.05) is 6.54 Å². The maximum Gasteiger partial charge on any atom is 0.238 e. The number of nitrogens with one attached hydrogen (secondary N) is 2. The van der Waals surface area contributed by atoms with E-state index >= 15 is 0 Å². The van der Waals surface area contributed by atoms with Crippen molar-refractivity contribution in [2.24, 2.45) is 0 Å². The number of ether oxygens (including phenoxy) is 2. The highest BCUT2D eigenvalue weighted by atomic mass is 19.1. The molecule has 0 atom stereocenters. The van der Waals surface area contributed by atoms with Crippen molar-refractivity contribution in [3.05, 3.63) is 53.8 Å². The quantitative estimate of drug-likeness (QED) is 0.824. The van der Waals surface area contributed by atoms with Crippen LogP contribution in [0.25, 0.3) is 0 Å². The third kappa shape index (κ3) is 4.69. The average Bonchev–Trinajstić information content (AvgIpc) is 2.56. The second-order valence-corrected chi connectivity index (χ2v) is 4.82. The summed E-state index contributed by atoms with van der Waals surface area (Å²) in [5.41, 5.74) is 1.12. The van der Waals surface area contributed by atoms with Gasteiger partial charge in [0.25, 0.3) is 0 Å². The van der Waals surface area contributed by atoms with Gasteiger partial charge in [-0.2, -0.15) is 0 Å². The first-order chi connectivity index (χ1) is 11.1. The molecular weight excluding hydrogens is 299 g/mol. The third-order valence-corrected chi connectivity index (χ3v) is 3.21. The van der Waals surface area contributed by atoms with Gasteiger partial charge in [0.05, 0.1) is 26.5 Å². The highest BCUT2D eigenvalue weighted by molar-refractivity contribution is 5.92. The molecule has 2 aromatic carbocycles. The molecule has 0 radical (unpaired) electrons. The maximum absolute atomic E-state index is 13.4. The van der Waals surface area contributed by atoms with E-state index in [0.29, 0.717) is 18.0 Å². The van der Waals surface area contributed by atoms with E-state index in [2.05, 4.69) is 10.6 Å². The summed E-state index contributed by atoms with van der Waals surface area (Å²) in [5, 5.41) is 5.52. The molecule has 0 heterocycles. The lowest BCUT2D eigenvalue weighted by Crippen LogP contribution is -2.28. The van der Waals surface area contributed by atoms with Crippen LogP contribution in [0.5, 0.6) is 11.5 Å². The van der Waals surface area contributed by atoms with Gasteiger partial charge in [-0.1, -0.05) is 18.2 Å². The number of carbonyl (C=O) groups is 1. The molecule has 0 saturated heterocycles. The SMILES string of the molecule is COc1ccc(CNCC(=O)Nc2ccccc2F)cc1OC. The Balaban J connectivity index is 1.85. The molecule has 6 heteroatoms. The average molecular weight is 318 g/mol. The normalized spacial score (nSPS) is 10.2. The van der Waals surface area contributed by atoms with E-state index in [-0.39, 0.29) is 18.1 Å². The number of rotatable bonds is 7. The van der Waals surface area contributed by atoms with Gasteiger partial charge >= 0.3 is 0 Å². The minimum absolute atomic E-state index is 0.0721. The van der Waals surface area contributed by atoms with Gasteiger partial charge in [0.15, 0.2) is 11.5 Å². The number of amides is 1. The van der Waals surface area contributed by atoms with Crippen LogP contribution >= 0.6 is 0 Å². The van der Waals surface area contributed by atoms with Crippen LogP contribution < -0.4 is 20.1 Å². The van der Waals surface area contributed by atoms with Gasteiger partial charge in [0.2, 0.25) is 5.91 Å². The Kier molecular flexibility index (Phi) is 5.94. The van der Waals surface area contributed by atoms with Crippen LogP contribution in [0.3, 0.4) is 0 Å². The second-order valence-electron chi connectivity index (χ2n) is 4.82. The fourth-order valence-corrected chi connectivity index (χ4v) is 2.07. The van der Waals surface area contributed by atoms with E-state index < -0.39 is 5.82 Å². The molecule has 23 heavy (non-hydrogen) atoms. The number of methoxy groups -OCH3 is 2. The molecule has 2 aromatic rings. The predicted molar refractivity (Wildman–Crippen MR) is 86.3 cm³/mol. The zero-order chi connectivity index (χ0) is 16.7. The molecular formula is C17H19FN2O3. The van der Waals surface area contributed by atoms with Crippen molar-refractivity contribution in [1.82, 2.24) is 5.32 Å². The molecule has 1 amide bonds. The van der Waals surface area contributed by atoms with Crippen molar-refractivity contribution in [3.8, 4) is 11.5 Å². The molecule has 0 unspecified atom stereocenters. The Morgan fingerprint density at radius 3 is 2.52 bits per heavy atom. The minimum Gasteiger partial charge on any atom is -0.493 e. The number of hydrogen-bond acceptors (Lipinski definition) is 4. The van der Waals surface area contributed by atoms with Gasteiger partial charge in [0.1, 0.15) is 5.82 Å². The van der Waals surface area contributed by atoms with Gasteiger partial charge < -0.3 is 20.1 Å². The van der Waals surface area contributed by atoms with E-state index in [4.69, 9.17) is 9.47 Å². The summed E-state index contributed by atoms with van der Waals surface area (Å²) in [5.74, 6) is 0.507. The molecule has 0 aliphatic heterocycles. The van der Waals surface area contributed by atoms with Crippen LogP contribution in [-0.4, -0.2) is 26.7 Å². The molecule has 0 bridgehead atoms. The predicted octanol–water partition coefficient (Wildman–Crippen LogP) is 2.57. The molecule has 0 fully saturated rings. The summed E-state index contributed by atoms with van der Waals surface area (Å²) in [7, 11) is 3.14.